The molecule has 5 heteroatoms. The lowest BCUT2D eigenvalue weighted by atomic mass is 10.5. The highest BCUT2D eigenvalue weighted by Crippen LogP contribution is 2.12. The molecule has 0 unspecified atom stereocenters. The summed E-state index contributed by atoms with van der Waals surface area (Å²) in [5.41, 5.74) is 1.15. The Morgan fingerprint density at radius 3 is 2.58 bits per heavy atom. The molecule has 0 spiro atoms. The summed E-state index contributed by atoms with van der Waals surface area (Å²) < 4.78 is 2.01. The minimum absolute atomic E-state index is 0. The maximum atomic E-state index is 10.6. The number of halogens is 1. The molecular formula is C7H11IN2OS. The highest BCUT2D eigenvalue weighted by Gasteiger charge is 2.09. The third kappa shape index (κ3) is 3.06. The number of anilines is 1. The number of amides is 1. The number of carbonyl (C=O) groups excluding carboxylic acids is 1. The Morgan fingerprint density at radius 1 is 1.67 bits per heavy atom. The van der Waals surface area contributed by atoms with Crippen molar-refractivity contribution in [3.8, 4) is 0 Å². The molecular weight excluding hydrogens is 287 g/mol. The van der Waals surface area contributed by atoms with Gasteiger partial charge >= 0.3 is 0 Å². The number of aromatic nitrogens is 1. The Bertz CT molecular complexity index is 265. The van der Waals surface area contributed by atoms with E-state index in [0.717, 1.165) is 10.7 Å². The first-order valence-corrected chi connectivity index (χ1v) is 4.11. The van der Waals surface area contributed by atoms with Crippen LogP contribution in [0.15, 0.2) is 6.07 Å². The van der Waals surface area contributed by atoms with Gasteiger partial charge in [-0.25, -0.2) is 0 Å². The summed E-state index contributed by atoms with van der Waals surface area (Å²) >= 11 is 1.53. The van der Waals surface area contributed by atoms with E-state index in [1.807, 2.05) is 24.0 Å². The molecule has 1 aromatic heterocycles. The minimum atomic E-state index is -0.0214. The van der Waals surface area contributed by atoms with Gasteiger partial charge in [-0.1, -0.05) is 0 Å². The summed E-state index contributed by atoms with van der Waals surface area (Å²) in [5, 5.41) is 3.63. The third-order valence-corrected chi connectivity index (χ3v) is 2.35. The largest absolute Gasteiger partial charge is 1.00 e. The third-order valence-electron chi connectivity index (χ3n) is 1.37. The van der Waals surface area contributed by atoms with Gasteiger partial charge in [-0.3, -0.25) is 4.79 Å². The van der Waals surface area contributed by atoms with E-state index in [1.165, 1.54) is 18.5 Å². The number of aryl methyl sites for hydroxylation is 2. The van der Waals surface area contributed by atoms with Gasteiger partial charge in [-0.05, 0) is 0 Å². The monoisotopic (exact) mass is 298 g/mol. The molecule has 0 bridgehead atoms. The van der Waals surface area contributed by atoms with Crippen molar-refractivity contribution in [3.05, 3.63) is 11.8 Å². The van der Waals surface area contributed by atoms with Crippen LogP contribution in [-0.4, -0.2) is 5.91 Å². The Morgan fingerprint density at radius 2 is 2.25 bits per heavy atom. The fraction of sp³-hybridized carbons (Fsp3) is 0.429. The second-order valence-corrected chi connectivity index (χ2v) is 3.59. The molecule has 1 rings (SSSR count). The SMILES string of the molecule is CC(=O)Nc1cc(C)[n+](C)s1.[I-]. The average Bonchev–Trinajstić information content (AvgIpc) is 2.10. The van der Waals surface area contributed by atoms with Crippen molar-refractivity contribution >= 4 is 22.4 Å². The fourth-order valence-electron chi connectivity index (χ4n) is 0.759. The minimum Gasteiger partial charge on any atom is -1.00 e. The van der Waals surface area contributed by atoms with Crippen molar-refractivity contribution in [1.29, 1.82) is 0 Å². The van der Waals surface area contributed by atoms with E-state index in [1.54, 1.807) is 0 Å². The molecule has 0 fully saturated rings. The van der Waals surface area contributed by atoms with Crippen molar-refractivity contribution in [1.82, 2.24) is 0 Å². The van der Waals surface area contributed by atoms with Gasteiger partial charge in [0.15, 0.2) is 29.3 Å². The number of hydrogen-bond donors (Lipinski definition) is 1. The van der Waals surface area contributed by atoms with Crippen LogP contribution < -0.4 is 33.3 Å². The molecule has 0 saturated heterocycles. The molecule has 1 amide bonds. The number of hydrogen-bond acceptors (Lipinski definition) is 2. The summed E-state index contributed by atoms with van der Waals surface area (Å²) in [6, 6.07) is 1.95. The smallest absolute Gasteiger partial charge is 0.222 e. The normalized spacial score (nSPS) is 8.92. The van der Waals surface area contributed by atoms with E-state index < -0.39 is 0 Å². The zero-order valence-electron chi connectivity index (χ0n) is 7.22. The molecule has 0 saturated carbocycles. The van der Waals surface area contributed by atoms with Gasteiger partial charge in [0.1, 0.15) is 0 Å². The van der Waals surface area contributed by atoms with Gasteiger partial charge in [0.05, 0.1) is 0 Å². The van der Waals surface area contributed by atoms with Gasteiger partial charge in [-0.2, -0.15) is 0 Å². The van der Waals surface area contributed by atoms with Crippen LogP contribution in [-0.2, 0) is 11.8 Å². The van der Waals surface area contributed by atoms with Crippen LogP contribution in [0.3, 0.4) is 0 Å². The fourth-order valence-corrected chi connectivity index (χ4v) is 1.66. The van der Waals surface area contributed by atoms with Crippen LogP contribution in [0.4, 0.5) is 5.00 Å². The van der Waals surface area contributed by atoms with Gasteiger partial charge < -0.3 is 29.3 Å². The van der Waals surface area contributed by atoms with Crippen molar-refractivity contribution < 1.29 is 32.7 Å². The average molecular weight is 298 g/mol. The zero-order valence-corrected chi connectivity index (χ0v) is 10.2. The molecule has 0 aliphatic carbocycles. The Balaban J connectivity index is 0.00000121. The number of nitrogens with zero attached hydrogens (tertiary/aromatic N) is 1. The Labute approximate surface area is 93.0 Å². The van der Waals surface area contributed by atoms with Gasteiger partial charge in [0.2, 0.25) is 5.91 Å². The van der Waals surface area contributed by atoms with Crippen LogP contribution in [0.1, 0.15) is 12.6 Å². The standard InChI is InChI=1S/C7H10N2OS.HI/c1-5-4-7(8-6(2)10)11-9(5)3;/h4H,1-3H3;1H. The molecule has 0 aromatic carbocycles. The highest BCUT2D eigenvalue weighted by atomic mass is 127. The summed E-state index contributed by atoms with van der Waals surface area (Å²) in [7, 11) is 1.96. The zero-order chi connectivity index (χ0) is 8.43. The molecule has 1 heterocycles. The maximum absolute atomic E-state index is 10.6. The van der Waals surface area contributed by atoms with E-state index in [2.05, 4.69) is 5.32 Å². The van der Waals surface area contributed by atoms with E-state index in [4.69, 9.17) is 0 Å². The molecule has 3 nitrogen and oxygen atoms in total. The summed E-state index contributed by atoms with van der Waals surface area (Å²) in [6.07, 6.45) is 0. The second kappa shape index (κ2) is 4.76. The number of rotatable bonds is 1. The van der Waals surface area contributed by atoms with Crippen LogP contribution in [0.2, 0.25) is 0 Å². The predicted molar refractivity (Wildman–Crippen MR) is 44.5 cm³/mol. The molecule has 0 aliphatic rings. The lowest BCUT2D eigenvalue weighted by molar-refractivity contribution is -0.607. The summed E-state index contributed by atoms with van der Waals surface area (Å²) in [5.74, 6) is -0.0214. The van der Waals surface area contributed by atoms with Crippen molar-refractivity contribution in [3.63, 3.8) is 0 Å². The lowest BCUT2D eigenvalue weighted by Gasteiger charge is -1.89. The van der Waals surface area contributed by atoms with Crippen LogP contribution in [0.5, 0.6) is 0 Å². The van der Waals surface area contributed by atoms with E-state index in [-0.39, 0.29) is 29.9 Å². The van der Waals surface area contributed by atoms with Crippen LogP contribution in [0, 0.1) is 6.92 Å². The topological polar surface area (TPSA) is 33.0 Å². The first-order chi connectivity index (χ1) is 5.09. The second-order valence-electron chi connectivity index (χ2n) is 2.42. The first-order valence-electron chi connectivity index (χ1n) is 3.34. The predicted octanol–water partition coefficient (Wildman–Crippen LogP) is -2.16. The van der Waals surface area contributed by atoms with Crippen molar-refractivity contribution in [2.75, 3.05) is 5.32 Å². The van der Waals surface area contributed by atoms with Crippen LogP contribution in [0.25, 0.3) is 0 Å². The van der Waals surface area contributed by atoms with Gasteiger partial charge in [0.25, 0.3) is 0 Å². The maximum Gasteiger partial charge on any atom is 0.222 e. The van der Waals surface area contributed by atoms with Crippen molar-refractivity contribution in [2.45, 2.75) is 13.8 Å². The summed E-state index contributed by atoms with van der Waals surface area (Å²) in [4.78, 5) is 10.6. The molecule has 0 atom stereocenters. The molecule has 68 valence electrons. The van der Waals surface area contributed by atoms with E-state index in [0.29, 0.717) is 0 Å². The van der Waals surface area contributed by atoms with E-state index in [9.17, 15) is 4.79 Å². The first kappa shape index (κ1) is 11.8. The molecule has 0 aliphatic heterocycles. The van der Waals surface area contributed by atoms with E-state index >= 15 is 0 Å². The molecule has 1 aromatic rings. The van der Waals surface area contributed by atoms with Gasteiger partial charge in [-0.15, -0.1) is 3.96 Å². The molecule has 1 N–H and O–H groups in total. The van der Waals surface area contributed by atoms with Crippen molar-refractivity contribution in [2.24, 2.45) is 7.05 Å². The Kier molecular flexibility index (Phi) is 4.69. The highest BCUT2D eigenvalue weighted by molar-refractivity contribution is 7.06. The molecule has 12 heavy (non-hydrogen) atoms. The van der Waals surface area contributed by atoms with Crippen LogP contribution >= 0.6 is 11.5 Å². The lowest BCUT2D eigenvalue weighted by Crippen LogP contribution is -3.00. The molecule has 0 radical (unpaired) electrons. The summed E-state index contributed by atoms with van der Waals surface area (Å²) in [6.45, 7) is 3.51. The van der Waals surface area contributed by atoms with Gasteiger partial charge in [0, 0.05) is 19.9 Å². The quantitative estimate of drug-likeness (QED) is 0.465. The number of nitrogens with one attached hydrogen (secondary N) is 1. The Hall–Kier alpha value is -0.170. The number of carbonyl (C=O) groups is 1.